The van der Waals surface area contributed by atoms with Crippen LogP contribution in [0.2, 0.25) is 0 Å². The molecule has 0 radical (unpaired) electrons. The maximum atomic E-state index is 11.2. The Hall–Kier alpha value is -8.60. The summed E-state index contributed by atoms with van der Waals surface area (Å²) in [7, 11) is 0. The summed E-state index contributed by atoms with van der Waals surface area (Å²) in [6.45, 7) is 4.50. The van der Waals surface area contributed by atoms with E-state index in [0.29, 0.717) is 12.8 Å². The van der Waals surface area contributed by atoms with Gasteiger partial charge in [0.25, 0.3) is 0 Å². The fraction of sp³-hybridized carbons (Fsp3) is 0.0909. The minimum Gasteiger partial charge on any atom is -0.507 e. The first-order valence-corrected chi connectivity index (χ1v) is 23.8. The molecule has 0 aromatic heterocycles. The summed E-state index contributed by atoms with van der Waals surface area (Å²) in [5.74, 6) is 0.871. The summed E-state index contributed by atoms with van der Waals surface area (Å²) in [4.78, 5) is 0. The number of benzene rings is 10. The van der Waals surface area contributed by atoms with Gasteiger partial charge in [-0.25, -0.2) is 0 Å². The van der Waals surface area contributed by atoms with E-state index in [1.54, 1.807) is 24.3 Å². The maximum Gasteiger partial charge on any atom is 0.123 e. The Kier molecular flexibility index (Phi) is 12.4. The maximum absolute atomic E-state index is 11.2. The van der Waals surface area contributed by atoms with Crippen LogP contribution >= 0.6 is 0 Å². The van der Waals surface area contributed by atoms with E-state index in [2.05, 4.69) is 86.6 Å². The molecule has 0 atom stereocenters. The van der Waals surface area contributed by atoms with E-state index in [1.165, 1.54) is 0 Å². The highest BCUT2D eigenvalue weighted by atomic mass is 16.3. The molecule has 4 nitrogen and oxygen atoms in total. The van der Waals surface area contributed by atoms with Crippen LogP contribution in [0.5, 0.6) is 23.0 Å². The predicted octanol–water partition coefficient (Wildman–Crippen LogP) is 15.9. The monoisotopic (exact) mass is 910 g/mol. The molecule has 4 heteroatoms. The second kappa shape index (κ2) is 19.2. The second-order valence-corrected chi connectivity index (χ2v) is 18.8. The minimum atomic E-state index is -0.595. The number of rotatable bonds is 13. The number of hydrogen-bond donors (Lipinski definition) is 4. The molecule has 0 amide bonds. The van der Waals surface area contributed by atoms with Crippen LogP contribution in [0, 0.1) is 0 Å². The van der Waals surface area contributed by atoms with E-state index in [9.17, 15) is 20.4 Å². The van der Waals surface area contributed by atoms with Crippen molar-refractivity contribution in [2.75, 3.05) is 0 Å². The number of hydrogen-bond acceptors (Lipinski definition) is 4. The molecule has 342 valence electrons. The van der Waals surface area contributed by atoms with Gasteiger partial charge in [0.05, 0.1) is 0 Å². The third kappa shape index (κ3) is 9.08. The summed E-state index contributed by atoms with van der Waals surface area (Å²) in [5.41, 5.74) is 14.2. The van der Waals surface area contributed by atoms with Gasteiger partial charge in [-0.3, -0.25) is 0 Å². The van der Waals surface area contributed by atoms with Gasteiger partial charge in [-0.2, -0.15) is 0 Å². The van der Waals surface area contributed by atoms with Crippen LogP contribution in [-0.2, 0) is 23.7 Å². The summed E-state index contributed by atoms with van der Waals surface area (Å²) in [6, 6.07) is 81.2. The zero-order valence-electron chi connectivity index (χ0n) is 39.3. The van der Waals surface area contributed by atoms with Crippen LogP contribution in [0.1, 0.15) is 47.2 Å². The fourth-order valence-electron chi connectivity index (χ4n) is 10.2. The summed E-state index contributed by atoms with van der Waals surface area (Å²) in [5, 5.41) is 44.9. The highest BCUT2D eigenvalue weighted by Crippen LogP contribution is 2.45. The van der Waals surface area contributed by atoms with E-state index in [4.69, 9.17) is 0 Å². The van der Waals surface area contributed by atoms with Crippen molar-refractivity contribution in [2.45, 2.75) is 37.5 Å². The van der Waals surface area contributed by atoms with Crippen LogP contribution in [0.25, 0.3) is 55.6 Å². The van der Waals surface area contributed by atoms with Gasteiger partial charge >= 0.3 is 0 Å². The molecule has 0 spiro atoms. The molecule has 0 aliphatic rings. The molecule has 0 bridgehead atoms. The van der Waals surface area contributed by atoms with Crippen LogP contribution in [0.3, 0.4) is 0 Å². The number of phenols is 4. The molecule has 0 heterocycles. The van der Waals surface area contributed by atoms with Crippen molar-refractivity contribution in [3.63, 3.8) is 0 Å². The fourth-order valence-corrected chi connectivity index (χ4v) is 10.2. The summed E-state index contributed by atoms with van der Waals surface area (Å²) < 4.78 is 0. The lowest BCUT2D eigenvalue weighted by atomic mass is 9.70. The van der Waals surface area contributed by atoms with Crippen molar-refractivity contribution in [3.05, 3.63) is 276 Å². The quantitative estimate of drug-likeness (QED) is 0.0929. The van der Waals surface area contributed by atoms with Gasteiger partial charge in [0.15, 0.2) is 0 Å². The summed E-state index contributed by atoms with van der Waals surface area (Å²) in [6.07, 6.45) is 1.26. The first-order chi connectivity index (χ1) is 34.1. The average Bonchev–Trinajstić information content (AvgIpc) is 3.40. The lowest BCUT2D eigenvalue weighted by Gasteiger charge is -2.33. The van der Waals surface area contributed by atoms with Gasteiger partial charge in [-0.05, 0) is 128 Å². The average molecular weight is 911 g/mol. The molecular formula is C66H54O4. The Bertz CT molecular complexity index is 3030. The molecule has 10 aromatic carbocycles. The van der Waals surface area contributed by atoms with Crippen molar-refractivity contribution in [3.8, 4) is 78.6 Å². The van der Waals surface area contributed by atoms with E-state index < -0.39 is 10.8 Å². The third-order valence-corrected chi connectivity index (χ3v) is 14.2. The van der Waals surface area contributed by atoms with Crippen LogP contribution < -0.4 is 0 Å². The molecule has 4 N–H and O–H groups in total. The van der Waals surface area contributed by atoms with Crippen molar-refractivity contribution < 1.29 is 20.4 Å². The molecule has 0 unspecified atom stereocenters. The van der Waals surface area contributed by atoms with Gasteiger partial charge in [0.2, 0.25) is 0 Å². The first-order valence-electron chi connectivity index (χ1n) is 23.8. The largest absolute Gasteiger partial charge is 0.507 e. The molecule has 10 rings (SSSR count). The van der Waals surface area contributed by atoms with Crippen LogP contribution in [0.4, 0.5) is 0 Å². The Morgan fingerprint density at radius 3 is 0.757 bits per heavy atom. The number of phenolic OH excluding ortho intramolecular Hbond substituents is 4. The topological polar surface area (TPSA) is 80.9 Å². The zero-order chi connectivity index (χ0) is 48.2. The predicted molar refractivity (Wildman–Crippen MR) is 286 cm³/mol. The second-order valence-electron chi connectivity index (χ2n) is 18.8. The normalized spacial score (nSPS) is 11.6. The molecule has 10 aromatic rings. The Morgan fingerprint density at radius 2 is 0.500 bits per heavy atom. The molecule has 0 saturated carbocycles. The van der Waals surface area contributed by atoms with Gasteiger partial charge in [-0.15, -0.1) is 0 Å². The van der Waals surface area contributed by atoms with Crippen molar-refractivity contribution >= 4 is 0 Å². The smallest absolute Gasteiger partial charge is 0.123 e. The Balaban J connectivity index is 1.05. The molecule has 0 aliphatic heterocycles. The standard InChI is InChI=1S/C66H54O4/c1-65(53-29-33-61(67)57(39-53)47-19-7-3-8-20-47,54-30-34-62(68)58(40-54)48-21-9-4-10-22-48)43-45-17-15-27-51(37-45)52-28-16-18-46(38-52)44-66(2,55-31-35-63(69)59(41-55)49-23-11-5-12-24-49)56-32-36-64(70)60(42-56)50-25-13-6-14-26-50/h3-42,67-70H,43-44H2,1-2H3. The Labute approximate surface area is 410 Å². The highest BCUT2D eigenvalue weighted by molar-refractivity contribution is 5.76. The lowest BCUT2D eigenvalue weighted by molar-refractivity contribution is 0.474. The minimum absolute atomic E-state index is 0.218. The summed E-state index contributed by atoms with van der Waals surface area (Å²) >= 11 is 0. The van der Waals surface area contributed by atoms with Gasteiger partial charge < -0.3 is 20.4 Å². The zero-order valence-corrected chi connectivity index (χ0v) is 39.3. The van der Waals surface area contributed by atoms with Crippen LogP contribution in [-0.4, -0.2) is 20.4 Å². The molecule has 0 aliphatic carbocycles. The Morgan fingerprint density at radius 1 is 0.257 bits per heavy atom. The van der Waals surface area contributed by atoms with Gasteiger partial charge in [-0.1, -0.05) is 208 Å². The van der Waals surface area contributed by atoms with Gasteiger partial charge in [0, 0.05) is 33.1 Å². The molecule has 0 fully saturated rings. The molecular weight excluding hydrogens is 857 g/mol. The van der Waals surface area contributed by atoms with E-state index in [1.807, 2.05) is 146 Å². The van der Waals surface area contributed by atoms with Crippen molar-refractivity contribution in [2.24, 2.45) is 0 Å². The van der Waals surface area contributed by atoms with Crippen molar-refractivity contribution in [1.82, 2.24) is 0 Å². The third-order valence-electron chi connectivity index (χ3n) is 14.2. The SMILES string of the molecule is CC(Cc1cccc(-c2cccc(CC(C)(c3ccc(O)c(-c4ccccc4)c3)c3ccc(O)c(-c4ccccc4)c3)c2)c1)(c1ccc(O)c(-c2ccccc2)c1)c1ccc(O)c(-c2ccccc2)c1. The first kappa shape index (κ1) is 45.2. The molecule has 0 saturated heterocycles. The lowest BCUT2D eigenvalue weighted by Crippen LogP contribution is -2.27. The van der Waals surface area contributed by atoms with E-state index in [0.717, 1.165) is 89.0 Å². The van der Waals surface area contributed by atoms with E-state index in [-0.39, 0.29) is 23.0 Å². The van der Waals surface area contributed by atoms with Gasteiger partial charge in [0.1, 0.15) is 23.0 Å². The number of aromatic hydroxyl groups is 4. The van der Waals surface area contributed by atoms with E-state index >= 15 is 0 Å². The molecule has 70 heavy (non-hydrogen) atoms. The van der Waals surface area contributed by atoms with Crippen molar-refractivity contribution in [1.29, 1.82) is 0 Å². The highest BCUT2D eigenvalue weighted by Gasteiger charge is 2.33. The van der Waals surface area contributed by atoms with Crippen LogP contribution in [0.15, 0.2) is 243 Å².